The lowest BCUT2D eigenvalue weighted by molar-refractivity contribution is 0.130. The van der Waals surface area contributed by atoms with Gasteiger partial charge in [-0.3, -0.25) is 0 Å². The Labute approximate surface area is 92.9 Å². The van der Waals surface area contributed by atoms with Crippen LogP contribution in [0, 0.1) is 0 Å². The van der Waals surface area contributed by atoms with E-state index >= 15 is 0 Å². The smallest absolute Gasteiger partial charge is 0.137 e. The van der Waals surface area contributed by atoms with Crippen LogP contribution in [0.2, 0.25) is 0 Å². The second kappa shape index (κ2) is 3.43. The lowest BCUT2D eigenvalue weighted by atomic mass is 9.98. The van der Waals surface area contributed by atoms with E-state index in [0.29, 0.717) is 0 Å². The van der Waals surface area contributed by atoms with Gasteiger partial charge in [0.05, 0.1) is 0 Å². The second-order valence-electron chi connectivity index (χ2n) is 3.72. The largest absolute Gasteiger partial charge is 0.482 e. The minimum absolute atomic E-state index is 0.200. The number of hydrogen-bond acceptors (Lipinski definition) is 1. The number of fused-ring (bicyclic) bond motifs is 1. The maximum atomic E-state index is 5.97. The summed E-state index contributed by atoms with van der Waals surface area (Å²) in [5, 5.41) is 0. The summed E-state index contributed by atoms with van der Waals surface area (Å²) in [6, 6.07) is 8.10. The molecule has 1 nitrogen and oxygen atoms in total. The van der Waals surface area contributed by atoms with Crippen LogP contribution in [0.5, 0.6) is 5.75 Å². The molecule has 0 saturated carbocycles. The molecule has 74 valence electrons. The molecule has 1 aliphatic heterocycles. The Kier molecular flexibility index (Phi) is 2.40. The van der Waals surface area contributed by atoms with Gasteiger partial charge in [-0.05, 0) is 25.5 Å². The van der Waals surface area contributed by atoms with E-state index in [-0.39, 0.29) is 5.60 Å². The molecule has 0 bridgehead atoms. The van der Waals surface area contributed by atoms with Crippen LogP contribution in [0.25, 0.3) is 6.08 Å². The summed E-state index contributed by atoms with van der Waals surface area (Å²) in [5.41, 5.74) is 0.944. The molecule has 0 aromatic heterocycles. The van der Waals surface area contributed by atoms with E-state index < -0.39 is 0 Å². The molecule has 14 heavy (non-hydrogen) atoms. The van der Waals surface area contributed by atoms with Gasteiger partial charge >= 0.3 is 0 Å². The molecule has 0 saturated heterocycles. The maximum Gasteiger partial charge on any atom is 0.137 e. The first-order valence-electron chi connectivity index (χ1n) is 4.81. The summed E-state index contributed by atoms with van der Waals surface area (Å²) in [5.74, 6) is 0.972. The molecule has 0 fully saturated rings. The van der Waals surface area contributed by atoms with Gasteiger partial charge in [0, 0.05) is 10.0 Å². The van der Waals surface area contributed by atoms with E-state index in [0.717, 1.165) is 22.2 Å². The molecule has 0 amide bonds. The van der Waals surface area contributed by atoms with Crippen molar-refractivity contribution in [1.29, 1.82) is 0 Å². The van der Waals surface area contributed by atoms with E-state index in [1.54, 1.807) is 0 Å². The summed E-state index contributed by atoms with van der Waals surface area (Å²) in [6.07, 6.45) is 3.10. The SMILES string of the molecule is CCC1(C)Oc2ccccc2C=C1Br. The van der Waals surface area contributed by atoms with Crippen molar-refractivity contribution in [3.63, 3.8) is 0 Å². The number of benzene rings is 1. The van der Waals surface area contributed by atoms with Crippen molar-refractivity contribution in [1.82, 2.24) is 0 Å². The summed E-state index contributed by atoms with van der Waals surface area (Å²) >= 11 is 3.58. The van der Waals surface area contributed by atoms with Gasteiger partial charge in [-0.15, -0.1) is 0 Å². The lowest BCUT2D eigenvalue weighted by Gasteiger charge is -2.33. The maximum absolute atomic E-state index is 5.97. The summed E-state index contributed by atoms with van der Waals surface area (Å²) in [4.78, 5) is 0. The van der Waals surface area contributed by atoms with Gasteiger partial charge in [0.25, 0.3) is 0 Å². The monoisotopic (exact) mass is 252 g/mol. The zero-order valence-electron chi connectivity index (χ0n) is 8.38. The van der Waals surface area contributed by atoms with Crippen molar-refractivity contribution in [2.24, 2.45) is 0 Å². The van der Waals surface area contributed by atoms with E-state index in [9.17, 15) is 0 Å². The van der Waals surface area contributed by atoms with Crippen LogP contribution in [-0.2, 0) is 0 Å². The van der Waals surface area contributed by atoms with Crippen LogP contribution in [0.3, 0.4) is 0 Å². The predicted octanol–water partition coefficient (Wildman–Crippen LogP) is 3.98. The first-order valence-corrected chi connectivity index (χ1v) is 5.61. The number of ether oxygens (including phenoxy) is 1. The number of para-hydroxylation sites is 1. The van der Waals surface area contributed by atoms with E-state index in [1.165, 1.54) is 0 Å². The minimum atomic E-state index is -0.200. The van der Waals surface area contributed by atoms with Crippen LogP contribution in [-0.4, -0.2) is 5.60 Å². The van der Waals surface area contributed by atoms with E-state index in [2.05, 4.69) is 41.9 Å². The Hall–Kier alpha value is -0.760. The van der Waals surface area contributed by atoms with Crippen molar-refractivity contribution in [2.75, 3.05) is 0 Å². The zero-order chi connectivity index (χ0) is 10.2. The molecule has 1 aliphatic rings. The number of hydrogen-bond donors (Lipinski definition) is 0. The van der Waals surface area contributed by atoms with Crippen LogP contribution in [0.4, 0.5) is 0 Å². The molecule has 1 atom stereocenters. The third-order valence-electron chi connectivity index (χ3n) is 2.72. The Morgan fingerprint density at radius 2 is 2.07 bits per heavy atom. The molecule has 0 N–H and O–H groups in total. The van der Waals surface area contributed by atoms with Gasteiger partial charge in [0.1, 0.15) is 11.4 Å². The fourth-order valence-electron chi connectivity index (χ4n) is 1.51. The molecule has 0 radical (unpaired) electrons. The van der Waals surface area contributed by atoms with Gasteiger partial charge in [-0.25, -0.2) is 0 Å². The number of rotatable bonds is 1. The molecule has 1 unspecified atom stereocenters. The van der Waals surface area contributed by atoms with E-state index in [4.69, 9.17) is 4.74 Å². The Morgan fingerprint density at radius 1 is 1.36 bits per heavy atom. The number of halogens is 1. The highest BCUT2D eigenvalue weighted by Crippen LogP contribution is 2.39. The molecule has 2 heteroatoms. The molecule has 1 aromatic carbocycles. The third kappa shape index (κ3) is 1.48. The van der Waals surface area contributed by atoms with Crippen LogP contribution in [0.1, 0.15) is 25.8 Å². The highest BCUT2D eigenvalue weighted by Gasteiger charge is 2.31. The molecule has 0 spiro atoms. The zero-order valence-corrected chi connectivity index (χ0v) is 9.97. The first kappa shape index (κ1) is 9.78. The quantitative estimate of drug-likeness (QED) is 0.735. The Morgan fingerprint density at radius 3 is 2.79 bits per heavy atom. The lowest BCUT2D eigenvalue weighted by Crippen LogP contribution is -2.33. The molecule has 2 rings (SSSR count). The standard InChI is InChI=1S/C12H13BrO/c1-3-12(2)11(13)8-9-6-4-5-7-10(9)14-12/h4-8H,3H2,1-2H3. The first-order chi connectivity index (χ1) is 6.65. The van der Waals surface area contributed by atoms with Gasteiger partial charge in [-0.1, -0.05) is 41.1 Å². The highest BCUT2D eigenvalue weighted by atomic mass is 79.9. The molecule has 1 heterocycles. The molecule has 0 aliphatic carbocycles. The average Bonchev–Trinajstić information content (AvgIpc) is 2.20. The van der Waals surface area contributed by atoms with E-state index in [1.807, 2.05) is 18.2 Å². The Balaban J connectivity index is 2.48. The molecular weight excluding hydrogens is 240 g/mol. The van der Waals surface area contributed by atoms with Crippen molar-refractivity contribution < 1.29 is 4.74 Å². The van der Waals surface area contributed by atoms with Gasteiger partial charge in [0.2, 0.25) is 0 Å². The predicted molar refractivity (Wildman–Crippen MR) is 62.7 cm³/mol. The third-order valence-corrected chi connectivity index (χ3v) is 3.78. The van der Waals surface area contributed by atoms with Crippen molar-refractivity contribution in [3.8, 4) is 5.75 Å². The molecule has 1 aromatic rings. The summed E-state index contributed by atoms with van der Waals surface area (Å²) < 4.78 is 7.08. The van der Waals surface area contributed by atoms with Crippen molar-refractivity contribution in [2.45, 2.75) is 25.9 Å². The second-order valence-corrected chi connectivity index (χ2v) is 4.57. The van der Waals surface area contributed by atoms with Crippen LogP contribution >= 0.6 is 15.9 Å². The molecular formula is C12H13BrO. The van der Waals surface area contributed by atoms with Crippen LogP contribution < -0.4 is 4.74 Å². The topological polar surface area (TPSA) is 9.23 Å². The fourth-order valence-corrected chi connectivity index (χ4v) is 2.12. The highest BCUT2D eigenvalue weighted by molar-refractivity contribution is 9.11. The fraction of sp³-hybridized carbons (Fsp3) is 0.333. The van der Waals surface area contributed by atoms with Crippen molar-refractivity contribution in [3.05, 3.63) is 34.3 Å². The van der Waals surface area contributed by atoms with Crippen molar-refractivity contribution >= 4 is 22.0 Å². The minimum Gasteiger partial charge on any atom is -0.482 e. The Bertz CT molecular complexity index is 384. The van der Waals surface area contributed by atoms with Gasteiger partial charge in [0.15, 0.2) is 0 Å². The summed E-state index contributed by atoms with van der Waals surface area (Å²) in [7, 11) is 0. The normalized spacial score (nSPS) is 24.9. The average molecular weight is 253 g/mol. The van der Waals surface area contributed by atoms with Gasteiger partial charge in [-0.2, -0.15) is 0 Å². The van der Waals surface area contributed by atoms with Gasteiger partial charge < -0.3 is 4.74 Å². The summed E-state index contributed by atoms with van der Waals surface area (Å²) in [6.45, 7) is 4.23. The van der Waals surface area contributed by atoms with Crippen LogP contribution in [0.15, 0.2) is 28.7 Å².